The number of hydrogen-bond acceptors (Lipinski definition) is 6. The molecule has 1 aromatic carbocycles. The molecule has 3 heterocycles. The quantitative estimate of drug-likeness (QED) is 0.772. The summed E-state index contributed by atoms with van der Waals surface area (Å²) >= 11 is 0. The maximum atomic E-state index is 12.4. The molecule has 0 saturated carbocycles. The minimum Gasteiger partial charge on any atom is -0.496 e. The zero-order valence-electron chi connectivity index (χ0n) is 17.1. The van der Waals surface area contributed by atoms with Crippen LogP contribution in [-0.2, 0) is 11.2 Å². The molecule has 2 aliphatic heterocycles. The van der Waals surface area contributed by atoms with Crippen molar-refractivity contribution < 1.29 is 14.1 Å². The van der Waals surface area contributed by atoms with Crippen LogP contribution in [0.2, 0.25) is 0 Å². The Bertz CT molecular complexity index is 820. The molecular formula is C22H30N4O3. The second kappa shape index (κ2) is 9.39. The van der Waals surface area contributed by atoms with Gasteiger partial charge in [-0.05, 0) is 56.8 Å². The van der Waals surface area contributed by atoms with Crippen LogP contribution in [0.25, 0.3) is 11.4 Å². The lowest BCUT2D eigenvalue weighted by atomic mass is 9.83. The van der Waals surface area contributed by atoms with E-state index in [0.29, 0.717) is 42.3 Å². The van der Waals surface area contributed by atoms with Crippen molar-refractivity contribution in [1.82, 2.24) is 20.4 Å². The Morgan fingerprint density at radius 1 is 1.24 bits per heavy atom. The topological polar surface area (TPSA) is 80.5 Å². The fourth-order valence-corrected chi connectivity index (χ4v) is 4.66. The van der Waals surface area contributed by atoms with E-state index < -0.39 is 0 Å². The van der Waals surface area contributed by atoms with E-state index in [9.17, 15) is 4.79 Å². The van der Waals surface area contributed by atoms with Crippen molar-refractivity contribution in [2.45, 2.75) is 51.0 Å². The first-order valence-corrected chi connectivity index (χ1v) is 10.7. The van der Waals surface area contributed by atoms with Crippen LogP contribution < -0.4 is 10.1 Å². The number of fused-ring (bicyclic) bond motifs is 1. The van der Waals surface area contributed by atoms with Gasteiger partial charge in [0, 0.05) is 25.4 Å². The number of aryl methyl sites for hydroxylation is 1. The molecule has 2 aromatic rings. The number of para-hydroxylation sites is 1. The highest BCUT2D eigenvalue weighted by Gasteiger charge is 2.32. The summed E-state index contributed by atoms with van der Waals surface area (Å²) in [7, 11) is 1.61. The number of amides is 1. The van der Waals surface area contributed by atoms with Gasteiger partial charge in [0.1, 0.15) is 5.75 Å². The molecule has 2 fully saturated rings. The van der Waals surface area contributed by atoms with E-state index >= 15 is 0 Å². The molecule has 2 saturated heterocycles. The molecule has 2 atom stereocenters. The van der Waals surface area contributed by atoms with Crippen molar-refractivity contribution in [3.05, 3.63) is 30.2 Å². The Morgan fingerprint density at radius 3 is 3.00 bits per heavy atom. The third kappa shape index (κ3) is 4.78. The van der Waals surface area contributed by atoms with Gasteiger partial charge in [0.2, 0.25) is 17.6 Å². The average Bonchev–Trinajstić information content (AvgIpc) is 3.25. The highest BCUT2D eigenvalue weighted by Crippen LogP contribution is 2.30. The molecule has 0 unspecified atom stereocenters. The summed E-state index contributed by atoms with van der Waals surface area (Å²) in [6, 6.07) is 8.19. The van der Waals surface area contributed by atoms with Crippen LogP contribution in [0.3, 0.4) is 0 Å². The second-order valence-electron chi connectivity index (χ2n) is 8.02. The van der Waals surface area contributed by atoms with Crippen LogP contribution in [-0.4, -0.2) is 53.7 Å². The van der Waals surface area contributed by atoms with Gasteiger partial charge in [0.25, 0.3) is 0 Å². The van der Waals surface area contributed by atoms with Gasteiger partial charge in [0.15, 0.2) is 0 Å². The Labute approximate surface area is 171 Å². The summed E-state index contributed by atoms with van der Waals surface area (Å²) in [5, 5.41) is 7.17. The molecule has 7 heteroatoms. The van der Waals surface area contributed by atoms with Gasteiger partial charge in [-0.15, -0.1) is 0 Å². The molecular weight excluding hydrogens is 368 g/mol. The van der Waals surface area contributed by atoms with Crippen molar-refractivity contribution >= 4 is 5.91 Å². The fourth-order valence-electron chi connectivity index (χ4n) is 4.66. The van der Waals surface area contributed by atoms with E-state index in [0.717, 1.165) is 12.1 Å². The van der Waals surface area contributed by atoms with Crippen LogP contribution in [0, 0.1) is 5.92 Å². The molecule has 1 aromatic heterocycles. The predicted molar refractivity (Wildman–Crippen MR) is 110 cm³/mol. The number of hydrogen-bond donors (Lipinski definition) is 1. The van der Waals surface area contributed by atoms with Gasteiger partial charge in [-0.25, -0.2) is 0 Å². The Kier molecular flexibility index (Phi) is 6.44. The number of ether oxygens (including phenoxy) is 1. The predicted octanol–water partition coefficient (Wildman–Crippen LogP) is 3.06. The Balaban J connectivity index is 1.26. The third-order valence-corrected chi connectivity index (χ3v) is 6.17. The average molecular weight is 399 g/mol. The summed E-state index contributed by atoms with van der Waals surface area (Å²) in [6.45, 7) is 3.22. The number of aromatic nitrogens is 2. The smallest absolute Gasteiger partial charge is 0.227 e. The van der Waals surface area contributed by atoms with E-state index in [4.69, 9.17) is 9.26 Å². The highest BCUT2D eigenvalue weighted by molar-refractivity contribution is 5.76. The minimum atomic E-state index is 0.0509. The SMILES string of the molecule is COc1ccccc1-c1noc(CCC(=O)NC[C@@H]2CCCN3CCCC[C@@H]23)n1. The van der Waals surface area contributed by atoms with Crippen LogP contribution in [0.15, 0.2) is 28.8 Å². The minimum absolute atomic E-state index is 0.0509. The molecule has 0 bridgehead atoms. The number of nitrogens with one attached hydrogen (secondary N) is 1. The lowest BCUT2D eigenvalue weighted by Crippen LogP contribution is -2.51. The van der Waals surface area contributed by atoms with Crippen molar-refractivity contribution in [2.24, 2.45) is 5.92 Å². The van der Waals surface area contributed by atoms with Crippen LogP contribution >= 0.6 is 0 Å². The van der Waals surface area contributed by atoms with E-state index in [2.05, 4.69) is 20.4 Å². The number of benzene rings is 1. The van der Waals surface area contributed by atoms with E-state index in [1.165, 1.54) is 45.2 Å². The summed E-state index contributed by atoms with van der Waals surface area (Å²) in [5.74, 6) is 2.28. The molecule has 1 amide bonds. The summed E-state index contributed by atoms with van der Waals surface area (Å²) in [6.07, 6.45) is 7.16. The van der Waals surface area contributed by atoms with E-state index in [-0.39, 0.29) is 5.91 Å². The number of piperidine rings is 2. The van der Waals surface area contributed by atoms with Gasteiger partial charge < -0.3 is 19.5 Å². The number of nitrogens with zero attached hydrogens (tertiary/aromatic N) is 3. The molecule has 156 valence electrons. The first-order chi connectivity index (χ1) is 14.2. The number of rotatable bonds is 7. The van der Waals surface area contributed by atoms with E-state index in [1.54, 1.807) is 7.11 Å². The first kappa shape index (κ1) is 19.9. The van der Waals surface area contributed by atoms with Gasteiger partial charge in [-0.1, -0.05) is 23.7 Å². The van der Waals surface area contributed by atoms with Crippen molar-refractivity contribution in [3.8, 4) is 17.1 Å². The molecule has 7 nitrogen and oxygen atoms in total. The lowest BCUT2D eigenvalue weighted by Gasteiger charge is -2.44. The monoisotopic (exact) mass is 398 g/mol. The second-order valence-corrected chi connectivity index (χ2v) is 8.02. The standard InChI is InChI=1S/C22H30N4O3/c1-28-19-10-3-2-8-17(19)22-24-21(29-25-22)12-11-20(27)23-15-16-7-6-14-26-13-5-4-9-18(16)26/h2-3,8,10,16,18H,4-7,9,11-15H2,1H3,(H,23,27)/t16-,18-/m0/s1. The summed E-state index contributed by atoms with van der Waals surface area (Å²) in [4.78, 5) is 19.4. The highest BCUT2D eigenvalue weighted by atomic mass is 16.5. The third-order valence-electron chi connectivity index (χ3n) is 6.17. The number of carbonyl (C=O) groups is 1. The zero-order valence-corrected chi connectivity index (χ0v) is 17.1. The van der Waals surface area contributed by atoms with E-state index in [1.807, 2.05) is 24.3 Å². The number of carbonyl (C=O) groups excluding carboxylic acids is 1. The zero-order chi connectivity index (χ0) is 20.1. The van der Waals surface area contributed by atoms with Crippen LogP contribution in [0.4, 0.5) is 0 Å². The summed E-state index contributed by atoms with van der Waals surface area (Å²) < 4.78 is 10.7. The normalized spacial score (nSPS) is 22.1. The van der Waals surface area contributed by atoms with Crippen LogP contribution in [0.5, 0.6) is 5.75 Å². The van der Waals surface area contributed by atoms with Gasteiger partial charge >= 0.3 is 0 Å². The largest absolute Gasteiger partial charge is 0.496 e. The molecule has 0 spiro atoms. The van der Waals surface area contributed by atoms with Crippen LogP contribution in [0.1, 0.15) is 44.4 Å². The van der Waals surface area contributed by atoms with Crippen molar-refractivity contribution in [1.29, 1.82) is 0 Å². The molecule has 29 heavy (non-hydrogen) atoms. The molecule has 0 aliphatic carbocycles. The van der Waals surface area contributed by atoms with Gasteiger partial charge in [-0.2, -0.15) is 4.98 Å². The molecule has 0 radical (unpaired) electrons. The molecule has 4 rings (SSSR count). The Hall–Kier alpha value is -2.41. The van der Waals surface area contributed by atoms with Crippen molar-refractivity contribution in [3.63, 3.8) is 0 Å². The molecule has 2 aliphatic rings. The lowest BCUT2D eigenvalue weighted by molar-refractivity contribution is -0.121. The summed E-state index contributed by atoms with van der Waals surface area (Å²) in [5.41, 5.74) is 0.781. The maximum Gasteiger partial charge on any atom is 0.227 e. The van der Waals surface area contributed by atoms with Crippen molar-refractivity contribution in [2.75, 3.05) is 26.7 Å². The van der Waals surface area contributed by atoms with Gasteiger partial charge in [0.05, 0.1) is 12.7 Å². The molecule has 1 N–H and O–H groups in total. The Morgan fingerprint density at radius 2 is 2.10 bits per heavy atom. The fraction of sp³-hybridized carbons (Fsp3) is 0.591. The maximum absolute atomic E-state index is 12.4. The van der Waals surface area contributed by atoms with Gasteiger partial charge in [-0.3, -0.25) is 4.79 Å². The number of methoxy groups -OCH3 is 1. The first-order valence-electron chi connectivity index (χ1n) is 10.7.